The first-order chi connectivity index (χ1) is 18.4. The van der Waals surface area contributed by atoms with Crippen molar-refractivity contribution in [2.24, 2.45) is 0 Å². The number of nitrogens with one attached hydrogen (secondary N) is 1. The standard InChI is InChI=1S/C28H26N2O7S/c1-4-34-28(33)26-23(14-24(38-26)19-8-6-5-7-9-19)29-25(31)16-36-27(32)20-10-12-21(13-11-20)35-15-22-17(2)30-37-18(22)3/h5-14H,4,15-16H2,1-3H3,(H,29,31). The number of rotatable bonds is 10. The van der Waals surface area contributed by atoms with Crippen molar-refractivity contribution < 1.29 is 33.1 Å². The molecule has 4 aromatic rings. The lowest BCUT2D eigenvalue weighted by molar-refractivity contribution is -0.119. The predicted octanol–water partition coefficient (Wildman–Crippen LogP) is 5.57. The number of aryl methyl sites for hydroxylation is 2. The number of carbonyl (C=O) groups excluding carboxylic acids is 3. The number of ether oxygens (including phenoxy) is 3. The molecule has 0 spiro atoms. The van der Waals surface area contributed by atoms with Gasteiger partial charge in [-0.25, -0.2) is 9.59 Å². The zero-order valence-electron chi connectivity index (χ0n) is 21.1. The molecular weight excluding hydrogens is 508 g/mol. The number of amides is 1. The van der Waals surface area contributed by atoms with E-state index in [4.69, 9.17) is 18.7 Å². The highest BCUT2D eigenvalue weighted by molar-refractivity contribution is 7.18. The zero-order chi connectivity index (χ0) is 27.1. The molecule has 2 heterocycles. The first-order valence-corrected chi connectivity index (χ1v) is 12.6. The van der Waals surface area contributed by atoms with Gasteiger partial charge in [0.1, 0.15) is 23.0 Å². The molecular formula is C28H26N2O7S. The second kappa shape index (κ2) is 12.2. The van der Waals surface area contributed by atoms with E-state index in [9.17, 15) is 14.4 Å². The maximum Gasteiger partial charge on any atom is 0.350 e. The summed E-state index contributed by atoms with van der Waals surface area (Å²) in [4.78, 5) is 38.5. The Morgan fingerprint density at radius 2 is 1.71 bits per heavy atom. The molecule has 0 bridgehead atoms. The van der Waals surface area contributed by atoms with Crippen LogP contribution in [0.4, 0.5) is 5.69 Å². The van der Waals surface area contributed by atoms with Crippen LogP contribution >= 0.6 is 11.3 Å². The Kier molecular flexibility index (Phi) is 8.55. The summed E-state index contributed by atoms with van der Waals surface area (Å²) in [5.41, 5.74) is 3.08. The van der Waals surface area contributed by atoms with Crippen LogP contribution < -0.4 is 10.1 Å². The third-order valence-corrected chi connectivity index (χ3v) is 6.68. The highest BCUT2D eigenvalue weighted by atomic mass is 32.1. The second-order valence-corrected chi connectivity index (χ2v) is 9.23. The minimum absolute atomic E-state index is 0.200. The number of hydrogen-bond acceptors (Lipinski definition) is 9. The molecule has 0 fully saturated rings. The SMILES string of the molecule is CCOC(=O)c1sc(-c2ccccc2)cc1NC(=O)COC(=O)c1ccc(OCc2c(C)noc2C)cc1. The molecule has 0 saturated carbocycles. The lowest BCUT2D eigenvalue weighted by atomic mass is 10.2. The highest BCUT2D eigenvalue weighted by Gasteiger charge is 2.21. The van der Waals surface area contributed by atoms with Crippen LogP contribution in [0.3, 0.4) is 0 Å². The van der Waals surface area contributed by atoms with Crippen molar-refractivity contribution in [2.75, 3.05) is 18.5 Å². The van der Waals surface area contributed by atoms with E-state index in [1.807, 2.05) is 44.2 Å². The number of aromatic nitrogens is 1. The summed E-state index contributed by atoms with van der Waals surface area (Å²) in [6.07, 6.45) is 0. The van der Waals surface area contributed by atoms with Gasteiger partial charge in [-0.15, -0.1) is 11.3 Å². The largest absolute Gasteiger partial charge is 0.489 e. The lowest BCUT2D eigenvalue weighted by Crippen LogP contribution is -2.21. The quantitative estimate of drug-likeness (QED) is 0.262. The molecule has 2 aromatic heterocycles. The van der Waals surface area contributed by atoms with Gasteiger partial charge in [0.05, 0.1) is 29.1 Å². The van der Waals surface area contributed by atoms with Crippen LogP contribution in [0.5, 0.6) is 5.75 Å². The van der Waals surface area contributed by atoms with E-state index in [1.165, 1.54) is 11.3 Å². The molecule has 0 radical (unpaired) electrons. The summed E-state index contributed by atoms with van der Waals surface area (Å²) in [6, 6.07) is 17.5. The van der Waals surface area contributed by atoms with Crippen molar-refractivity contribution in [3.63, 3.8) is 0 Å². The third-order valence-electron chi connectivity index (χ3n) is 5.51. The Bertz CT molecular complexity index is 1410. The van der Waals surface area contributed by atoms with Gasteiger partial charge in [0, 0.05) is 4.88 Å². The van der Waals surface area contributed by atoms with Gasteiger partial charge in [0.15, 0.2) is 6.61 Å². The fraction of sp³-hybridized carbons (Fsp3) is 0.214. The van der Waals surface area contributed by atoms with E-state index in [-0.39, 0.29) is 23.7 Å². The molecule has 9 nitrogen and oxygen atoms in total. The van der Waals surface area contributed by atoms with Crippen LogP contribution in [-0.4, -0.2) is 36.2 Å². The van der Waals surface area contributed by atoms with Gasteiger partial charge < -0.3 is 24.1 Å². The molecule has 0 aliphatic heterocycles. The van der Waals surface area contributed by atoms with Gasteiger partial charge in [0.2, 0.25) is 0 Å². The van der Waals surface area contributed by atoms with Crippen molar-refractivity contribution >= 4 is 34.9 Å². The summed E-state index contributed by atoms with van der Waals surface area (Å²) in [5.74, 6) is -0.547. The molecule has 1 amide bonds. The third kappa shape index (κ3) is 6.46. The number of benzene rings is 2. The second-order valence-electron chi connectivity index (χ2n) is 8.18. The van der Waals surface area contributed by atoms with Gasteiger partial charge in [-0.1, -0.05) is 35.5 Å². The van der Waals surface area contributed by atoms with Crippen molar-refractivity contribution in [3.8, 4) is 16.2 Å². The number of hydrogen-bond donors (Lipinski definition) is 1. The Morgan fingerprint density at radius 1 is 0.974 bits per heavy atom. The van der Waals surface area contributed by atoms with Gasteiger partial charge in [-0.3, -0.25) is 4.79 Å². The molecule has 4 rings (SSSR count). The smallest absolute Gasteiger partial charge is 0.350 e. The average molecular weight is 535 g/mol. The van der Waals surface area contributed by atoms with E-state index in [1.54, 1.807) is 37.3 Å². The van der Waals surface area contributed by atoms with Crippen LogP contribution in [0.15, 0.2) is 65.2 Å². The first kappa shape index (κ1) is 26.6. The van der Waals surface area contributed by atoms with Crippen molar-refractivity contribution in [2.45, 2.75) is 27.4 Å². The minimum atomic E-state index is -0.668. The molecule has 0 aliphatic rings. The molecule has 2 aromatic carbocycles. The predicted molar refractivity (Wildman–Crippen MR) is 141 cm³/mol. The maximum atomic E-state index is 12.6. The van der Waals surface area contributed by atoms with Gasteiger partial charge >= 0.3 is 11.9 Å². The van der Waals surface area contributed by atoms with E-state index < -0.39 is 24.5 Å². The molecule has 38 heavy (non-hydrogen) atoms. The Morgan fingerprint density at radius 3 is 2.37 bits per heavy atom. The Balaban J connectivity index is 1.35. The van der Waals surface area contributed by atoms with Crippen molar-refractivity contribution in [1.29, 1.82) is 0 Å². The summed E-state index contributed by atoms with van der Waals surface area (Å²) in [6.45, 7) is 5.31. The minimum Gasteiger partial charge on any atom is -0.489 e. The number of esters is 2. The number of nitrogens with zero attached hydrogens (tertiary/aromatic N) is 1. The normalized spacial score (nSPS) is 10.6. The molecule has 0 unspecified atom stereocenters. The van der Waals surface area contributed by atoms with Crippen molar-refractivity contribution in [3.05, 3.63) is 88.1 Å². The lowest BCUT2D eigenvalue weighted by Gasteiger charge is -2.08. The van der Waals surface area contributed by atoms with Gasteiger partial charge in [-0.2, -0.15) is 0 Å². The number of thiophene rings is 1. The zero-order valence-corrected chi connectivity index (χ0v) is 21.9. The summed E-state index contributed by atoms with van der Waals surface area (Å²) < 4.78 is 21.2. The first-order valence-electron chi connectivity index (χ1n) is 11.8. The summed E-state index contributed by atoms with van der Waals surface area (Å²) in [5, 5.41) is 6.55. The average Bonchev–Trinajstić information content (AvgIpc) is 3.49. The fourth-order valence-electron chi connectivity index (χ4n) is 3.53. The summed E-state index contributed by atoms with van der Waals surface area (Å²) >= 11 is 1.21. The van der Waals surface area contributed by atoms with E-state index in [2.05, 4.69) is 10.5 Å². The fourth-order valence-corrected chi connectivity index (χ4v) is 4.54. The van der Waals surface area contributed by atoms with Crippen LogP contribution in [0.2, 0.25) is 0 Å². The molecule has 0 saturated heterocycles. The summed E-state index contributed by atoms with van der Waals surface area (Å²) in [7, 11) is 0. The number of anilines is 1. The molecule has 10 heteroatoms. The molecule has 0 atom stereocenters. The monoisotopic (exact) mass is 534 g/mol. The van der Waals surface area contributed by atoms with Crippen molar-refractivity contribution in [1.82, 2.24) is 5.16 Å². The van der Waals surface area contributed by atoms with Gasteiger partial charge in [-0.05, 0) is 56.7 Å². The number of carbonyl (C=O) groups is 3. The maximum absolute atomic E-state index is 12.6. The van der Waals surface area contributed by atoms with E-state index in [0.29, 0.717) is 17.2 Å². The van der Waals surface area contributed by atoms with E-state index >= 15 is 0 Å². The topological polar surface area (TPSA) is 117 Å². The van der Waals surface area contributed by atoms with Gasteiger partial charge in [0.25, 0.3) is 5.91 Å². The Labute approximate surface area is 223 Å². The van der Waals surface area contributed by atoms with E-state index in [0.717, 1.165) is 21.7 Å². The van der Waals surface area contributed by atoms with Crippen LogP contribution in [0, 0.1) is 13.8 Å². The Hall–Kier alpha value is -4.44. The van der Waals surface area contributed by atoms with Crippen LogP contribution in [-0.2, 0) is 20.9 Å². The molecule has 0 aliphatic carbocycles. The highest BCUT2D eigenvalue weighted by Crippen LogP contribution is 2.35. The molecule has 1 N–H and O–H groups in total. The van der Waals surface area contributed by atoms with Crippen LogP contribution in [0.25, 0.3) is 10.4 Å². The van der Waals surface area contributed by atoms with Crippen LogP contribution in [0.1, 0.15) is 44.0 Å². The molecule has 196 valence electrons.